The maximum atomic E-state index is 11.3. The summed E-state index contributed by atoms with van der Waals surface area (Å²) in [5, 5.41) is 0. The van der Waals surface area contributed by atoms with E-state index >= 15 is 0 Å². The number of rotatable bonds is 1. The molecule has 0 saturated heterocycles. The van der Waals surface area contributed by atoms with E-state index in [4.69, 9.17) is 0 Å². The Morgan fingerprint density at radius 2 is 2.15 bits per heavy atom. The minimum absolute atomic E-state index is 0.267. The van der Waals surface area contributed by atoms with Gasteiger partial charge in [-0.05, 0) is 12.8 Å². The van der Waals surface area contributed by atoms with Crippen molar-refractivity contribution in [2.45, 2.75) is 45.3 Å². The second kappa shape index (κ2) is 4.10. The fourth-order valence-electron chi connectivity index (χ4n) is 1.54. The summed E-state index contributed by atoms with van der Waals surface area (Å²) < 4.78 is 0. The fourth-order valence-corrected chi connectivity index (χ4v) is 2.18. The van der Waals surface area contributed by atoms with Gasteiger partial charge in [-0.25, -0.2) is 0 Å². The molecule has 0 N–H and O–H groups in total. The number of hydrogen-bond donors (Lipinski definition) is 0. The number of Topliss-reactive ketones (excluding diaryl/α,β-unsaturated/α-hetero) is 1. The second-order valence-electron chi connectivity index (χ2n) is 4.81. The van der Waals surface area contributed by atoms with Gasteiger partial charge in [0.15, 0.2) is 0 Å². The molecular weight excluding hydrogens is 176 g/mol. The van der Waals surface area contributed by atoms with E-state index in [1.165, 1.54) is 0 Å². The molecule has 2 heteroatoms. The zero-order chi connectivity index (χ0) is 9.90. The van der Waals surface area contributed by atoms with Crippen LogP contribution in [0.4, 0.5) is 0 Å². The van der Waals surface area contributed by atoms with Crippen LogP contribution in [0.1, 0.15) is 25.7 Å². The van der Waals surface area contributed by atoms with Crippen molar-refractivity contribution >= 4 is 13.9 Å². The van der Waals surface area contributed by atoms with E-state index in [1.54, 1.807) is 0 Å². The average molecular weight is 194 g/mol. The van der Waals surface area contributed by atoms with Crippen molar-refractivity contribution in [2.75, 3.05) is 0 Å². The summed E-state index contributed by atoms with van der Waals surface area (Å²) in [5.74, 6) is 3.89. The molecule has 0 aromatic carbocycles. The van der Waals surface area contributed by atoms with Gasteiger partial charge in [0.1, 0.15) is 13.9 Å². The first-order valence-corrected chi connectivity index (χ1v) is 8.52. The summed E-state index contributed by atoms with van der Waals surface area (Å²) in [5.41, 5.74) is 3.31. The smallest absolute Gasteiger partial charge is 0.136 e. The van der Waals surface area contributed by atoms with Crippen molar-refractivity contribution in [2.24, 2.45) is 5.92 Å². The summed E-state index contributed by atoms with van der Waals surface area (Å²) in [6.07, 6.45) is 3.75. The fraction of sp³-hybridized carbons (Fsp3) is 0.727. The van der Waals surface area contributed by atoms with Crippen LogP contribution in [0.3, 0.4) is 0 Å². The predicted octanol–water partition coefficient (Wildman–Crippen LogP) is 2.63. The van der Waals surface area contributed by atoms with Crippen LogP contribution in [0.5, 0.6) is 0 Å². The van der Waals surface area contributed by atoms with Crippen molar-refractivity contribution < 1.29 is 4.79 Å². The van der Waals surface area contributed by atoms with Crippen LogP contribution in [0, 0.1) is 17.4 Å². The molecule has 1 aliphatic carbocycles. The molecule has 1 nitrogen and oxygen atoms in total. The van der Waals surface area contributed by atoms with Crippen LogP contribution < -0.4 is 0 Å². The summed E-state index contributed by atoms with van der Waals surface area (Å²) in [6, 6.07) is 0. The highest BCUT2D eigenvalue weighted by atomic mass is 28.3. The Labute approximate surface area is 81.9 Å². The number of hydrogen-bond acceptors (Lipinski definition) is 1. The van der Waals surface area contributed by atoms with Gasteiger partial charge in [-0.2, -0.15) is 0 Å². The molecule has 0 spiro atoms. The van der Waals surface area contributed by atoms with Gasteiger partial charge in [0.25, 0.3) is 0 Å². The second-order valence-corrected chi connectivity index (χ2v) is 9.56. The highest BCUT2D eigenvalue weighted by Crippen LogP contribution is 2.23. The Hall–Kier alpha value is -0.553. The Morgan fingerprint density at radius 3 is 2.62 bits per heavy atom. The number of carbonyl (C=O) groups excluding carboxylic acids is 1. The van der Waals surface area contributed by atoms with Gasteiger partial charge in [0.05, 0.1) is 0 Å². The Bertz CT molecular complexity index is 251. The molecule has 0 amide bonds. The van der Waals surface area contributed by atoms with Crippen LogP contribution in [0.2, 0.25) is 19.6 Å². The molecular formula is C11H18OSi. The molecule has 0 aromatic rings. The van der Waals surface area contributed by atoms with Gasteiger partial charge >= 0.3 is 0 Å². The van der Waals surface area contributed by atoms with Crippen molar-refractivity contribution in [1.82, 2.24) is 0 Å². The summed E-state index contributed by atoms with van der Waals surface area (Å²) in [4.78, 5) is 11.3. The molecule has 1 saturated carbocycles. The van der Waals surface area contributed by atoms with Crippen LogP contribution >= 0.6 is 0 Å². The van der Waals surface area contributed by atoms with Crippen molar-refractivity contribution in [3.8, 4) is 11.5 Å². The number of ketones is 1. The normalized spacial score (nSPS) is 22.7. The maximum Gasteiger partial charge on any atom is 0.136 e. The largest absolute Gasteiger partial charge is 0.299 e. The van der Waals surface area contributed by atoms with Gasteiger partial charge in [-0.1, -0.05) is 19.6 Å². The summed E-state index contributed by atoms with van der Waals surface area (Å²) in [7, 11) is -1.22. The summed E-state index contributed by atoms with van der Waals surface area (Å²) >= 11 is 0. The molecule has 1 rings (SSSR count). The lowest BCUT2D eigenvalue weighted by molar-refractivity contribution is -0.120. The molecule has 0 radical (unpaired) electrons. The van der Waals surface area contributed by atoms with Crippen LogP contribution in [0.25, 0.3) is 0 Å². The highest BCUT2D eigenvalue weighted by molar-refractivity contribution is 6.83. The molecule has 1 fully saturated rings. The lowest BCUT2D eigenvalue weighted by atomic mass is 10.0. The van der Waals surface area contributed by atoms with Gasteiger partial charge in [0.2, 0.25) is 0 Å². The maximum absolute atomic E-state index is 11.3. The first-order valence-electron chi connectivity index (χ1n) is 5.02. The van der Waals surface area contributed by atoms with Gasteiger partial charge in [-0.15, -0.1) is 11.5 Å². The molecule has 1 aliphatic rings. The zero-order valence-electron chi connectivity index (χ0n) is 8.81. The standard InChI is InChI=1S/C11H18OSi/c1-13(2,3)9-5-7-10-6-4-8-11(10)12/h10H,4,6-8H2,1-3H3/t10-/m0/s1. The van der Waals surface area contributed by atoms with E-state index in [0.29, 0.717) is 5.78 Å². The van der Waals surface area contributed by atoms with E-state index in [-0.39, 0.29) is 5.92 Å². The third kappa shape index (κ3) is 3.78. The van der Waals surface area contributed by atoms with E-state index in [0.717, 1.165) is 25.7 Å². The van der Waals surface area contributed by atoms with Gasteiger partial charge in [-0.3, -0.25) is 4.79 Å². The Balaban J connectivity index is 2.40. The molecule has 0 aromatic heterocycles. The quantitative estimate of drug-likeness (QED) is 0.463. The van der Waals surface area contributed by atoms with Crippen LogP contribution in [-0.4, -0.2) is 13.9 Å². The highest BCUT2D eigenvalue weighted by Gasteiger charge is 2.23. The minimum atomic E-state index is -1.22. The van der Waals surface area contributed by atoms with Gasteiger partial charge in [0, 0.05) is 18.8 Å². The minimum Gasteiger partial charge on any atom is -0.299 e. The SMILES string of the molecule is C[Si](C)(C)C#CC[C@@H]1CCCC1=O. The molecule has 13 heavy (non-hydrogen) atoms. The first kappa shape index (κ1) is 10.5. The van der Waals surface area contributed by atoms with Crippen molar-refractivity contribution in [3.05, 3.63) is 0 Å². The third-order valence-corrected chi connectivity index (χ3v) is 3.17. The molecule has 0 heterocycles. The molecule has 72 valence electrons. The molecule has 1 atom stereocenters. The Kier molecular flexibility index (Phi) is 3.32. The molecule has 0 aliphatic heterocycles. The average Bonchev–Trinajstić information content (AvgIpc) is 2.34. The van der Waals surface area contributed by atoms with Crippen molar-refractivity contribution in [3.63, 3.8) is 0 Å². The van der Waals surface area contributed by atoms with E-state index < -0.39 is 8.07 Å². The predicted molar refractivity (Wildman–Crippen MR) is 58.1 cm³/mol. The molecule has 0 unspecified atom stereocenters. The third-order valence-electron chi connectivity index (χ3n) is 2.24. The lowest BCUT2D eigenvalue weighted by Crippen LogP contribution is -2.16. The van der Waals surface area contributed by atoms with E-state index in [1.807, 2.05) is 0 Å². The van der Waals surface area contributed by atoms with Crippen LogP contribution in [-0.2, 0) is 4.79 Å². The molecule has 0 bridgehead atoms. The van der Waals surface area contributed by atoms with E-state index in [2.05, 4.69) is 31.1 Å². The first-order chi connectivity index (χ1) is 5.99. The lowest BCUT2D eigenvalue weighted by Gasteiger charge is -2.05. The van der Waals surface area contributed by atoms with Gasteiger partial charge < -0.3 is 0 Å². The van der Waals surface area contributed by atoms with Crippen LogP contribution in [0.15, 0.2) is 0 Å². The zero-order valence-corrected chi connectivity index (χ0v) is 9.81. The monoisotopic (exact) mass is 194 g/mol. The topological polar surface area (TPSA) is 17.1 Å². The summed E-state index contributed by atoms with van der Waals surface area (Å²) in [6.45, 7) is 6.70. The van der Waals surface area contributed by atoms with E-state index in [9.17, 15) is 4.79 Å². The number of carbonyl (C=O) groups is 1. The Morgan fingerprint density at radius 1 is 1.46 bits per heavy atom. The van der Waals surface area contributed by atoms with Crippen molar-refractivity contribution in [1.29, 1.82) is 0 Å².